The second-order valence-electron chi connectivity index (χ2n) is 5.44. The van der Waals surface area contributed by atoms with Crippen LogP contribution >= 0.6 is 0 Å². The molecule has 2 rings (SSSR count). The highest BCUT2D eigenvalue weighted by Crippen LogP contribution is 2.36. The summed E-state index contributed by atoms with van der Waals surface area (Å²) in [6, 6.07) is 5.64. The summed E-state index contributed by atoms with van der Waals surface area (Å²) in [6.45, 7) is 4.98. The highest BCUT2D eigenvalue weighted by molar-refractivity contribution is 5.99. The molecule has 1 amide bonds. The molecule has 1 aromatic carbocycles. The molecule has 0 bridgehead atoms. The van der Waals surface area contributed by atoms with Gasteiger partial charge in [-0.2, -0.15) is 0 Å². The first-order valence-electron chi connectivity index (χ1n) is 7.49. The normalized spacial score (nSPS) is 17.0. The monoisotopic (exact) mass is 306 g/mol. The third kappa shape index (κ3) is 3.32. The number of anilines is 2. The lowest BCUT2D eigenvalue weighted by Gasteiger charge is -2.32. The van der Waals surface area contributed by atoms with Gasteiger partial charge in [0, 0.05) is 25.8 Å². The summed E-state index contributed by atoms with van der Waals surface area (Å²) in [5, 5.41) is 8.88. The molecule has 1 aromatic rings. The molecule has 1 unspecified atom stereocenters. The molecule has 120 valence electrons. The minimum Gasteiger partial charge on any atom is -0.481 e. The van der Waals surface area contributed by atoms with Crippen LogP contribution in [-0.4, -0.2) is 43.2 Å². The van der Waals surface area contributed by atoms with E-state index in [4.69, 9.17) is 9.84 Å². The molecule has 6 heteroatoms. The average molecular weight is 306 g/mol. The summed E-state index contributed by atoms with van der Waals surface area (Å²) in [7, 11) is 1.73. The predicted octanol–water partition coefficient (Wildman–Crippen LogP) is 2.12. The predicted molar refractivity (Wildman–Crippen MR) is 84.7 cm³/mol. The van der Waals surface area contributed by atoms with Gasteiger partial charge in [-0.25, -0.2) is 0 Å². The van der Waals surface area contributed by atoms with Crippen molar-refractivity contribution in [2.75, 3.05) is 29.9 Å². The van der Waals surface area contributed by atoms with Crippen LogP contribution < -0.4 is 14.5 Å². The molecule has 0 radical (unpaired) electrons. The maximum absolute atomic E-state index is 12.0. The van der Waals surface area contributed by atoms with Crippen molar-refractivity contribution < 1.29 is 19.4 Å². The number of rotatable bonds is 6. The molecule has 1 atom stereocenters. The van der Waals surface area contributed by atoms with Gasteiger partial charge in [0.05, 0.1) is 12.1 Å². The van der Waals surface area contributed by atoms with E-state index in [0.717, 1.165) is 24.3 Å². The fraction of sp³-hybridized carbons (Fsp3) is 0.500. The van der Waals surface area contributed by atoms with Gasteiger partial charge >= 0.3 is 5.97 Å². The number of hydrogen-bond acceptors (Lipinski definition) is 4. The lowest BCUT2D eigenvalue weighted by molar-refractivity contribution is -0.136. The van der Waals surface area contributed by atoms with E-state index in [9.17, 15) is 9.59 Å². The Morgan fingerprint density at radius 2 is 2.14 bits per heavy atom. The van der Waals surface area contributed by atoms with Crippen molar-refractivity contribution in [3.8, 4) is 5.75 Å². The number of nitrogens with zero attached hydrogens (tertiary/aromatic N) is 2. The number of ether oxygens (including phenoxy) is 1. The molecule has 0 fully saturated rings. The van der Waals surface area contributed by atoms with E-state index in [0.29, 0.717) is 12.3 Å². The quantitative estimate of drug-likeness (QED) is 0.872. The number of carboxylic acid groups (broad SMARTS) is 1. The third-order valence-corrected chi connectivity index (χ3v) is 3.74. The van der Waals surface area contributed by atoms with E-state index < -0.39 is 12.1 Å². The van der Waals surface area contributed by atoms with Crippen LogP contribution in [0.4, 0.5) is 11.4 Å². The summed E-state index contributed by atoms with van der Waals surface area (Å²) >= 11 is 0. The maximum atomic E-state index is 12.0. The van der Waals surface area contributed by atoms with Gasteiger partial charge in [0.15, 0.2) is 6.10 Å². The molecule has 0 aliphatic carbocycles. The molecule has 1 aliphatic heterocycles. The first kappa shape index (κ1) is 16.1. The minimum absolute atomic E-state index is 0.0827. The highest BCUT2D eigenvalue weighted by atomic mass is 16.5. The van der Waals surface area contributed by atoms with Gasteiger partial charge in [0.2, 0.25) is 0 Å². The number of aliphatic carboxylic acids is 1. The molecule has 1 aliphatic rings. The zero-order valence-corrected chi connectivity index (χ0v) is 13.2. The van der Waals surface area contributed by atoms with Crippen LogP contribution in [-0.2, 0) is 9.59 Å². The highest BCUT2D eigenvalue weighted by Gasteiger charge is 2.29. The summed E-state index contributed by atoms with van der Waals surface area (Å²) in [6.07, 6.45) is 0.514. The Balaban J connectivity index is 2.28. The van der Waals surface area contributed by atoms with Crippen LogP contribution in [0.5, 0.6) is 5.75 Å². The summed E-state index contributed by atoms with van der Waals surface area (Å²) in [4.78, 5) is 26.4. The first-order valence-corrected chi connectivity index (χ1v) is 7.49. The molecule has 0 spiro atoms. The number of likely N-dealkylation sites (N-methyl/N-ethyl adjacent to an activating group) is 1. The second kappa shape index (κ2) is 6.68. The molecule has 0 saturated heterocycles. The lowest BCUT2D eigenvalue weighted by Crippen LogP contribution is -2.42. The van der Waals surface area contributed by atoms with Crippen molar-refractivity contribution >= 4 is 23.3 Å². The van der Waals surface area contributed by atoms with Crippen molar-refractivity contribution in [1.29, 1.82) is 0 Å². The van der Waals surface area contributed by atoms with E-state index >= 15 is 0 Å². The smallest absolute Gasteiger partial charge is 0.305 e. The van der Waals surface area contributed by atoms with Crippen molar-refractivity contribution in [3.05, 3.63) is 18.2 Å². The Hall–Kier alpha value is -2.24. The largest absolute Gasteiger partial charge is 0.481 e. The number of hydrogen-bond donors (Lipinski definition) is 1. The van der Waals surface area contributed by atoms with Gasteiger partial charge in [-0.3, -0.25) is 9.59 Å². The van der Waals surface area contributed by atoms with E-state index in [2.05, 4.69) is 0 Å². The molecule has 0 aromatic heterocycles. The van der Waals surface area contributed by atoms with Crippen LogP contribution in [0, 0.1) is 0 Å². The SMILES string of the molecule is CCCN(CCC(=O)O)c1ccc2c(c1)N(C)C(=O)C(C)O2. The topological polar surface area (TPSA) is 70.1 Å². The number of carboxylic acids is 1. The van der Waals surface area contributed by atoms with Crippen molar-refractivity contribution in [2.45, 2.75) is 32.8 Å². The van der Waals surface area contributed by atoms with Gasteiger partial charge < -0.3 is 19.6 Å². The fourth-order valence-corrected chi connectivity index (χ4v) is 2.57. The van der Waals surface area contributed by atoms with Crippen LogP contribution in [0.3, 0.4) is 0 Å². The van der Waals surface area contributed by atoms with Gasteiger partial charge in [-0.15, -0.1) is 0 Å². The Labute approximate surface area is 130 Å². The number of fused-ring (bicyclic) bond motifs is 1. The Morgan fingerprint density at radius 1 is 1.41 bits per heavy atom. The molecule has 1 N–H and O–H groups in total. The molecular weight excluding hydrogens is 284 g/mol. The number of benzene rings is 1. The van der Waals surface area contributed by atoms with E-state index in [1.165, 1.54) is 0 Å². The first-order chi connectivity index (χ1) is 10.4. The van der Waals surface area contributed by atoms with Crippen LogP contribution in [0.25, 0.3) is 0 Å². The Bertz CT molecular complexity index is 573. The number of carbonyl (C=O) groups is 2. The van der Waals surface area contributed by atoms with Gasteiger partial charge in [0.25, 0.3) is 5.91 Å². The molecule has 0 saturated carbocycles. The van der Waals surface area contributed by atoms with Gasteiger partial charge in [-0.1, -0.05) is 6.92 Å². The van der Waals surface area contributed by atoms with E-state index in [-0.39, 0.29) is 12.3 Å². The number of carbonyl (C=O) groups excluding carboxylic acids is 1. The molecule has 6 nitrogen and oxygen atoms in total. The lowest BCUT2D eigenvalue weighted by atomic mass is 10.1. The summed E-state index contributed by atoms with van der Waals surface area (Å²) in [5.74, 6) is -0.228. The van der Waals surface area contributed by atoms with Crippen LogP contribution in [0.1, 0.15) is 26.7 Å². The van der Waals surface area contributed by atoms with E-state index in [1.54, 1.807) is 18.9 Å². The molecular formula is C16H22N2O4. The van der Waals surface area contributed by atoms with Gasteiger partial charge in [0.1, 0.15) is 5.75 Å². The fourth-order valence-electron chi connectivity index (χ4n) is 2.57. The zero-order valence-electron chi connectivity index (χ0n) is 13.2. The van der Waals surface area contributed by atoms with Crippen molar-refractivity contribution in [1.82, 2.24) is 0 Å². The summed E-state index contributed by atoms with van der Waals surface area (Å²) < 4.78 is 5.60. The number of amides is 1. The average Bonchev–Trinajstić information content (AvgIpc) is 2.49. The second-order valence-corrected chi connectivity index (χ2v) is 5.44. The zero-order chi connectivity index (χ0) is 16.3. The molecule has 22 heavy (non-hydrogen) atoms. The maximum Gasteiger partial charge on any atom is 0.305 e. The van der Waals surface area contributed by atoms with Gasteiger partial charge in [-0.05, 0) is 31.5 Å². The minimum atomic E-state index is -0.816. The van der Waals surface area contributed by atoms with Crippen LogP contribution in [0.2, 0.25) is 0 Å². The Kier molecular flexibility index (Phi) is 4.90. The van der Waals surface area contributed by atoms with Crippen LogP contribution in [0.15, 0.2) is 18.2 Å². The standard InChI is InChI=1S/C16H22N2O4/c1-4-8-18(9-7-15(19)20)12-5-6-14-13(10-12)17(3)16(21)11(2)22-14/h5-6,10-11H,4,7-9H2,1-3H3,(H,19,20). The van der Waals surface area contributed by atoms with Crippen molar-refractivity contribution in [2.24, 2.45) is 0 Å². The summed E-state index contributed by atoms with van der Waals surface area (Å²) in [5.41, 5.74) is 1.62. The van der Waals surface area contributed by atoms with Crippen molar-refractivity contribution in [3.63, 3.8) is 0 Å². The molecule has 1 heterocycles. The third-order valence-electron chi connectivity index (χ3n) is 3.74. The Morgan fingerprint density at radius 3 is 2.77 bits per heavy atom. The van der Waals surface area contributed by atoms with E-state index in [1.807, 2.05) is 30.0 Å².